The Bertz CT molecular complexity index is 1390. The highest BCUT2D eigenvalue weighted by Gasteiger charge is 2.16. The average Bonchev–Trinajstić information content (AvgIpc) is 3.61. The minimum Gasteiger partial charge on any atom is -0.492 e. The molecule has 0 unspecified atom stereocenters. The van der Waals surface area contributed by atoms with Gasteiger partial charge in [0.15, 0.2) is 5.65 Å². The van der Waals surface area contributed by atoms with Crippen molar-refractivity contribution in [3.8, 4) is 17.0 Å². The van der Waals surface area contributed by atoms with Gasteiger partial charge in [-0.25, -0.2) is 12.9 Å². The topological polar surface area (TPSA) is 107 Å². The maximum absolute atomic E-state index is 12.3. The maximum Gasteiger partial charge on any atom is 0.253 e. The van der Waals surface area contributed by atoms with Gasteiger partial charge < -0.3 is 10.1 Å². The summed E-state index contributed by atoms with van der Waals surface area (Å²) in [7, 11) is -3.47. The molecule has 4 heterocycles. The molecule has 5 rings (SSSR count). The van der Waals surface area contributed by atoms with Crippen LogP contribution in [0.2, 0.25) is 0 Å². The van der Waals surface area contributed by atoms with Gasteiger partial charge in [0.25, 0.3) is 10.0 Å². The number of likely N-dealkylation sites (tertiary alicyclic amines) is 1. The van der Waals surface area contributed by atoms with Crippen LogP contribution in [-0.4, -0.2) is 69.1 Å². The van der Waals surface area contributed by atoms with E-state index in [2.05, 4.69) is 25.4 Å². The second-order valence-electron chi connectivity index (χ2n) is 8.58. The number of nitrogens with one attached hydrogen (secondary N) is 1. The molecular weight excluding hydrogens is 466 g/mol. The normalized spacial score (nSPS) is 14.5. The molecule has 0 spiro atoms. The highest BCUT2D eigenvalue weighted by atomic mass is 32.2. The number of hydrogen-bond acceptors (Lipinski definition) is 8. The van der Waals surface area contributed by atoms with Gasteiger partial charge in [0.1, 0.15) is 12.4 Å². The number of aromatic nitrogens is 5. The Morgan fingerprint density at radius 3 is 2.66 bits per heavy atom. The fourth-order valence-corrected chi connectivity index (χ4v) is 5.35. The zero-order chi connectivity index (χ0) is 24.3. The van der Waals surface area contributed by atoms with E-state index in [1.807, 2.05) is 49.4 Å². The number of ether oxygens (including phenoxy) is 1. The standard InChI is InChI=1S/C24H29N7O3S/c1-2-16-35(32,33)30-18-19(17-25-30)22-6-5-7-23-27-24(28-31(22)23)26-20-8-10-21(11-9-20)34-15-14-29-12-3-4-13-29/h5-11,17-18H,2-4,12-16H2,1H3,(H,26,28). The number of rotatable bonds is 10. The van der Waals surface area contributed by atoms with Gasteiger partial charge >= 0.3 is 0 Å². The van der Waals surface area contributed by atoms with Gasteiger partial charge in [-0.3, -0.25) is 4.90 Å². The molecule has 10 nitrogen and oxygen atoms in total. The van der Waals surface area contributed by atoms with Crippen molar-refractivity contribution < 1.29 is 13.2 Å². The van der Waals surface area contributed by atoms with Gasteiger partial charge in [-0.05, 0) is 68.8 Å². The van der Waals surface area contributed by atoms with Crippen LogP contribution in [0.15, 0.2) is 54.9 Å². The number of fused-ring (bicyclic) bond motifs is 1. The summed E-state index contributed by atoms with van der Waals surface area (Å²) >= 11 is 0. The molecule has 0 atom stereocenters. The summed E-state index contributed by atoms with van der Waals surface area (Å²) in [6.45, 7) is 5.79. The zero-order valence-corrected chi connectivity index (χ0v) is 20.5. The lowest BCUT2D eigenvalue weighted by molar-refractivity contribution is 0.238. The third-order valence-corrected chi connectivity index (χ3v) is 7.64. The monoisotopic (exact) mass is 495 g/mol. The zero-order valence-electron chi connectivity index (χ0n) is 19.7. The highest BCUT2D eigenvalue weighted by molar-refractivity contribution is 7.89. The largest absolute Gasteiger partial charge is 0.492 e. The van der Waals surface area contributed by atoms with E-state index in [4.69, 9.17) is 4.74 Å². The third-order valence-electron chi connectivity index (χ3n) is 5.95. The molecule has 4 aromatic rings. The number of nitrogens with zero attached hydrogens (tertiary/aromatic N) is 6. The first-order valence-electron chi connectivity index (χ1n) is 11.9. The van der Waals surface area contributed by atoms with E-state index in [0.29, 0.717) is 35.9 Å². The summed E-state index contributed by atoms with van der Waals surface area (Å²) in [5, 5.41) is 11.9. The molecule has 1 N–H and O–H groups in total. The molecule has 184 valence electrons. The van der Waals surface area contributed by atoms with Gasteiger partial charge in [-0.15, -0.1) is 5.10 Å². The van der Waals surface area contributed by atoms with Crippen molar-refractivity contribution in [2.45, 2.75) is 26.2 Å². The van der Waals surface area contributed by atoms with Crippen LogP contribution >= 0.6 is 0 Å². The van der Waals surface area contributed by atoms with Crippen LogP contribution in [-0.2, 0) is 10.0 Å². The first-order valence-corrected chi connectivity index (χ1v) is 13.5. The Morgan fingerprint density at radius 2 is 1.89 bits per heavy atom. The van der Waals surface area contributed by atoms with Crippen molar-refractivity contribution in [3.63, 3.8) is 0 Å². The summed E-state index contributed by atoms with van der Waals surface area (Å²) in [6, 6.07) is 13.3. The molecule has 0 bridgehead atoms. The molecule has 1 fully saturated rings. The smallest absolute Gasteiger partial charge is 0.253 e. The predicted octanol–water partition coefficient (Wildman–Crippen LogP) is 3.40. The fraction of sp³-hybridized carbons (Fsp3) is 0.375. The molecule has 0 aliphatic carbocycles. The Morgan fingerprint density at radius 1 is 1.09 bits per heavy atom. The number of benzene rings is 1. The van der Waals surface area contributed by atoms with E-state index in [1.54, 1.807) is 4.52 Å². The van der Waals surface area contributed by atoms with Gasteiger partial charge in [-0.1, -0.05) is 13.0 Å². The molecule has 11 heteroatoms. The van der Waals surface area contributed by atoms with Crippen molar-refractivity contribution in [1.29, 1.82) is 0 Å². The SMILES string of the molecule is CCCS(=O)(=O)n1cc(-c2cccc3nc(Nc4ccc(OCCN5CCCC5)cc4)nn23)cn1. The molecule has 1 aliphatic heterocycles. The number of anilines is 2. The second kappa shape index (κ2) is 10.0. The molecular formula is C24H29N7O3S. The average molecular weight is 496 g/mol. The quantitative estimate of drug-likeness (QED) is 0.357. The van der Waals surface area contributed by atoms with Gasteiger partial charge in [0.2, 0.25) is 5.95 Å². The highest BCUT2D eigenvalue weighted by Crippen LogP contribution is 2.23. The Hall–Kier alpha value is -3.44. The van der Waals surface area contributed by atoms with Crippen LogP contribution in [0.25, 0.3) is 16.9 Å². The maximum atomic E-state index is 12.3. The van der Waals surface area contributed by atoms with Crippen LogP contribution in [0.1, 0.15) is 26.2 Å². The summed E-state index contributed by atoms with van der Waals surface area (Å²) in [5.41, 5.74) is 2.81. The van der Waals surface area contributed by atoms with Gasteiger partial charge in [0, 0.05) is 17.8 Å². The molecule has 35 heavy (non-hydrogen) atoms. The summed E-state index contributed by atoms with van der Waals surface area (Å²) in [5.74, 6) is 1.30. The first kappa shape index (κ1) is 23.3. The molecule has 0 saturated carbocycles. The van der Waals surface area contributed by atoms with E-state index in [-0.39, 0.29) is 5.75 Å². The van der Waals surface area contributed by atoms with Crippen molar-refractivity contribution >= 4 is 27.3 Å². The van der Waals surface area contributed by atoms with E-state index in [1.165, 1.54) is 38.3 Å². The van der Waals surface area contributed by atoms with Crippen molar-refractivity contribution in [3.05, 3.63) is 54.9 Å². The minimum atomic E-state index is -3.47. The summed E-state index contributed by atoms with van der Waals surface area (Å²) in [4.78, 5) is 6.98. The minimum absolute atomic E-state index is 0.0397. The molecule has 0 radical (unpaired) electrons. The Labute approximate surface area is 204 Å². The van der Waals surface area contributed by atoms with Crippen LogP contribution in [0, 0.1) is 0 Å². The lowest BCUT2D eigenvalue weighted by atomic mass is 10.2. The van der Waals surface area contributed by atoms with E-state index < -0.39 is 10.0 Å². The van der Waals surface area contributed by atoms with Crippen LogP contribution in [0.3, 0.4) is 0 Å². The van der Waals surface area contributed by atoms with Crippen molar-refractivity contribution in [2.75, 3.05) is 37.3 Å². The van der Waals surface area contributed by atoms with E-state index in [0.717, 1.165) is 22.1 Å². The van der Waals surface area contributed by atoms with E-state index >= 15 is 0 Å². The number of pyridine rings is 1. The predicted molar refractivity (Wildman–Crippen MR) is 135 cm³/mol. The summed E-state index contributed by atoms with van der Waals surface area (Å²) in [6.07, 6.45) is 6.13. The van der Waals surface area contributed by atoms with Crippen LogP contribution in [0.5, 0.6) is 5.75 Å². The Kier molecular flexibility index (Phi) is 6.69. The Balaban J connectivity index is 1.28. The van der Waals surface area contributed by atoms with Crippen molar-refractivity contribution in [1.82, 2.24) is 28.7 Å². The molecule has 1 saturated heterocycles. The van der Waals surface area contributed by atoms with Crippen LogP contribution < -0.4 is 10.1 Å². The van der Waals surface area contributed by atoms with Crippen molar-refractivity contribution in [2.24, 2.45) is 0 Å². The lowest BCUT2D eigenvalue weighted by Gasteiger charge is -2.15. The molecule has 1 aromatic carbocycles. The second-order valence-corrected chi connectivity index (χ2v) is 10.5. The third kappa shape index (κ3) is 5.30. The summed E-state index contributed by atoms with van der Waals surface area (Å²) < 4.78 is 33.2. The fourth-order valence-electron chi connectivity index (χ4n) is 4.18. The van der Waals surface area contributed by atoms with Crippen LogP contribution in [0.4, 0.5) is 11.6 Å². The van der Waals surface area contributed by atoms with Gasteiger partial charge in [-0.2, -0.15) is 14.2 Å². The lowest BCUT2D eigenvalue weighted by Crippen LogP contribution is -2.25. The number of hydrogen-bond donors (Lipinski definition) is 1. The molecule has 0 amide bonds. The van der Waals surface area contributed by atoms with E-state index in [9.17, 15) is 8.42 Å². The first-order chi connectivity index (χ1) is 17.0. The van der Waals surface area contributed by atoms with Gasteiger partial charge in [0.05, 0.1) is 23.8 Å². The molecule has 3 aromatic heterocycles. The molecule has 1 aliphatic rings.